The zero-order valence-electron chi connectivity index (χ0n) is 17.5. The maximum atomic E-state index is 9.43. The molecular formula is C23H43NO2. The van der Waals surface area contributed by atoms with Gasteiger partial charge in [-0.25, -0.2) is 4.99 Å². The zero-order chi connectivity index (χ0) is 18.9. The summed E-state index contributed by atoms with van der Waals surface area (Å²) in [5.41, 5.74) is -0.394. The smallest absolute Gasteiger partial charge is 0.209 e. The first-order chi connectivity index (χ1) is 12.8. The quantitative estimate of drug-likeness (QED) is 0.295. The van der Waals surface area contributed by atoms with Crippen LogP contribution in [0, 0.1) is 0 Å². The zero-order valence-corrected chi connectivity index (χ0v) is 17.5. The lowest BCUT2D eigenvalue weighted by Crippen LogP contribution is -2.31. The number of allylic oxidation sites excluding steroid dienone is 1. The van der Waals surface area contributed by atoms with Crippen molar-refractivity contribution >= 4 is 5.90 Å². The van der Waals surface area contributed by atoms with Crippen molar-refractivity contribution < 1.29 is 9.84 Å². The lowest BCUT2D eigenvalue weighted by atomic mass is 10.0. The van der Waals surface area contributed by atoms with Crippen LogP contribution in [0.5, 0.6) is 0 Å². The van der Waals surface area contributed by atoms with Gasteiger partial charge in [-0.1, -0.05) is 97.0 Å². The van der Waals surface area contributed by atoms with Gasteiger partial charge in [0.2, 0.25) is 5.90 Å². The molecule has 0 saturated heterocycles. The second-order valence-corrected chi connectivity index (χ2v) is 7.91. The standard InChI is InChI=1S/C23H43NO2/c1-3-5-6-7-8-9-10-11-12-13-14-15-16-17-18-19-22-24-23(4-2,20-25)21-26-22/h18-19,25H,3-17,20-21H2,1-2H3/b19-18+. The first-order valence-electron chi connectivity index (χ1n) is 11.3. The Bertz CT molecular complexity index is 386. The molecule has 1 aliphatic rings. The molecule has 0 aromatic carbocycles. The van der Waals surface area contributed by atoms with Crippen molar-refractivity contribution in [3.8, 4) is 0 Å². The van der Waals surface area contributed by atoms with Gasteiger partial charge < -0.3 is 9.84 Å². The topological polar surface area (TPSA) is 41.8 Å². The molecule has 1 atom stereocenters. The molecular weight excluding hydrogens is 322 g/mol. The molecule has 3 heteroatoms. The van der Waals surface area contributed by atoms with Crippen LogP contribution < -0.4 is 0 Å². The number of ether oxygens (including phenoxy) is 1. The summed E-state index contributed by atoms with van der Waals surface area (Å²) in [5.74, 6) is 0.690. The maximum absolute atomic E-state index is 9.43. The summed E-state index contributed by atoms with van der Waals surface area (Å²) in [6, 6.07) is 0. The Hall–Kier alpha value is -0.830. The van der Waals surface area contributed by atoms with E-state index in [0.29, 0.717) is 12.5 Å². The van der Waals surface area contributed by atoms with Crippen LogP contribution in [0.4, 0.5) is 0 Å². The number of nitrogens with zero attached hydrogens (tertiary/aromatic N) is 1. The summed E-state index contributed by atoms with van der Waals surface area (Å²) in [5, 5.41) is 9.43. The number of hydrogen-bond donors (Lipinski definition) is 1. The summed E-state index contributed by atoms with van der Waals surface area (Å²) < 4.78 is 5.57. The molecule has 1 N–H and O–H groups in total. The molecule has 3 nitrogen and oxygen atoms in total. The monoisotopic (exact) mass is 365 g/mol. The largest absolute Gasteiger partial charge is 0.475 e. The van der Waals surface area contributed by atoms with Gasteiger partial charge in [-0.3, -0.25) is 0 Å². The number of aliphatic hydroxyl groups is 1. The molecule has 0 radical (unpaired) electrons. The SMILES string of the molecule is CCCCCCCCCCCCCCC/C=C/C1=NC(CC)(CO)CO1. The fraction of sp³-hybridized carbons (Fsp3) is 0.870. The lowest BCUT2D eigenvalue weighted by molar-refractivity contribution is 0.154. The van der Waals surface area contributed by atoms with Crippen LogP contribution in [0.15, 0.2) is 17.1 Å². The van der Waals surface area contributed by atoms with E-state index in [4.69, 9.17) is 4.74 Å². The Morgan fingerprint density at radius 3 is 1.88 bits per heavy atom. The summed E-state index contributed by atoms with van der Waals surface area (Å²) in [6.07, 6.45) is 24.2. The van der Waals surface area contributed by atoms with Crippen LogP contribution in [0.3, 0.4) is 0 Å². The van der Waals surface area contributed by atoms with E-state index in [0.717, 1.165) is 12.8 Å². The Morgan fingerprint density at radius 1 is 0.885 bits per heavy atom. The molecule has 1 heterocycles. The molecule has 0 aromatic rings. The van der Waals surface area contributed by atoms with E-state index in [1.807, 2.05) is 13.0 Å². The summed E-state index contributed by atoms with van der Waals surface area (Å²) >= 11 is 0. The molecule has 0 amide bonds. The third-order valence-electron chi connectivity index (χ3n) is 5.52. The summed E-state index contributed by atoms with van der Waals surface area (Å²) in [4.78, 5) is 4.52. The van der Waals surface area contributed by atoms with Gasteiger partial charge in [0.1, 0.15) is 12.1 Å². The van der Waals surface area contributed by atoms with Crippen LogP contribution in [0.25, 0.3) is 0 Å². The van der Waals surface area contributed by atoms with Crippen LogP contribution in [-0.4, -0.2) is 29.8 Å². The minimum absolute atomic E-state index is 0.0691. The summed E-state index contributed by atoms with van der Waals surface area (Å²) in [6.45, 7) is 4.91. The van der Waals surface area contributed by atoms with Gasteiger partial charge >= 0.3 is 0 Å². The van der Waals surface area contributed by atoms with Gasteiger partial charge in [0.15, 0.2) is 0 Å². The highest BCUT2D eigenvalue weighted by molar-refractivity contribution is 5.89. The van der Waals surface area contributed by atoms with E-state index in [-0.39, 0.29) is 6.61 Å². The molecule has 0 bridgehead atoms. The van der Waals surface area contributed by atoms with Crippen LogP contribution in [0.1, 0.15) is 110 Å². The normalized spacial score (nSPS) is 19.9. The first-order valence-corrected chi connectivity index (χ1v) is 11.3. The second kappa shape index (κ2) is 15.2. The predicted octanol–water partition coefficient (Wildman–Crippen LogP) is 6.59. The Kier molecular flexibility index (Phi) is 13.6. The second-order valence-electron chi connectivity index (χ2n) is 7.91. The molecule has 1 rings (SSSR count). The number of aliphatic hydroxyl groups excluding tert-OH is 1. The van der Waals surface area contributed by atoms with Crippen molar-refractivity contribution in [3.05, 3.63) is 12.2 Å². The number of hydrogen-bond acceptors (Lipinski definition) is 3. The van der Waals surface area contributed by atoms with Gasteiger partial charge in [0.25, 0.3) is 0 Å². The first kappa shape index (κ1) is 23.2. The molecule has 0 spiro atoms. The van der Waals surface area contributed by atoms with E-state index < -0.39 is 5.54 Å². The maximum Gasteiger partial charge on any atom is 0.209 e. The molecule has 0 saturated carbocycles. The van der Waals surface area contributed by atoms with E-state index in [1.165, 1.54) is 83.5 Å². The Morgan fingerprint density at radius 2 is 1.42 bits per heavy atom. The number of rotatable bonds is 17. The highest BCUT2D eigenvalue weighted by Crippen LogP contribution is 2.22. The average molecular weight is 366 g/mol. The van der Waals surface area contributed by atoms with Gasteiger partial charge in [0, 0.05) is 0 Å². The lowest BCUT2D eigenvalue weighted by Gasteiger charge is -2.17. The van der Waals surface area contributed by atoms with Crippen molar-refractivity contribution in [2.24, 2.45) is 4.99 Å². The van der Waals surface area contributed by atoms with E-state index in [1.54, 1.807) is 0 Å². The van der Waals surface area contributed by atoms with E-state index >= 15 is 0 Å². The fourth-order valence-corrected chi connectivity index (χ4v) is 3.43. The van der Waals surface area contributed by atoms with E-state index in [9.17, 15) is 5.11 Å². The molecule has 152 valence electrons. The van der Waals surface area contributed by atoms with Crippen LogP contribution >= 0.6 is 0 Å². The molecule has 1 aliphatic heterocycles. The highest BCUT2D eigenvalue weighted by atomic mass is 16.5. The molecule has 0 fully saturated rings. The third-order valence-corrected chi connectivity index (χ3v) is 5.52. The number of aliphatic imine (C=N–C) groups is 1. The Balaban J connectivity index is 1.88. The van der Waals surface area contributed by atoms with Crippen molar-refractivity contribution in [1.82, 2.24) is 0 Å². The van der Waals surface area contributed by atoms with Crippen molar-refractivity contribution in [1.29, 1.82) is 0 Å². The van der Waals surface area contributed by atoms with Crippen LogP contribution in [-0.2, 0) is 4.74 Å². The van der Waals surface area contributed by atoms with Gasteiger partial charge in [-0.05, 0) is 25.3 Å². The third kappa shape index (κ3) is 10.4. The molecule has 0 aliphatic carbocycles. The minimum atomic E-state index is -0.394. The van der Waals surface area contributed by atoms with Crippen molar-refractivity contribution in [3.63, 3.8) is 0 Å². The van der Waals surface area contributed by atoms with Gasteiger partial charge in [0.05, 0.1) is 6.61 Å². The highest BCUT2D eigenvalue weighted by Gasteiger charge is 2.33. The summed E-state index contributed by atoms with van der Waals surface area (Å²) in [7, 11) is 0. The minimum Gasteiger partial charge on any atom is -0.475 e. The van der Waals surface area contributed by atoms with Crippen molar-refractivity contribution in [2.45, 2.75) is 116 Å². The van der Waals surface area contributed by atoms with Crippen LogP contribution in [0.2, 0.25) is 0 Å². The average Bonchev–Trinajstić information content (AvgIpc) is 3.09. The number of unbranched alkanes of at least 4 members (excludes halogenated alkanes) is 13. The molecule has 1 unspecified atom stereocenters. The predicted molar refractivity (Wildman–Crippen MR) is 113 cm³/mol. The van der Waals surface area contributed by atoms with Gasteiger partial charge in [-0.2, -0.15) is 0 Å². The molecule has 0 aromatic heterocycles. The molecule has 26 heavy (non-hydrogen) atoms. The van der Waals surface area contributed by atoms with Crippen molar-refractivity contribution in [2.75, 3.05) is 13.2 Å². The fourth-order valence-electron chi connectivity index (χ4n) is 3.43. The van der Waals surface area contributed by atoms with Gasteiger partial charge in [-0.15, -0.1) is 0 Å². The van der Waals surface area contributed by atoms with E-state index in [2.05, 4.69) is 18.0 Å². The Labute approximate surface area is 162 Å².